The van der Waals surface area contributed by atoms with Crippen molar-refractivity contribution >= 4 is 11.6 Å². The molecule has 1 aliphatic heterocycles. The molecule has 0 unspecified atom stereocenters. The number of hydrogen-bond acceptors (Lipinski definition) is 5. The third-order valence-corrected chi connectivity index (χ3v) is 6.63. The van der Waals surface area contributed by atoms with Gasteiger partial charge in [-0.15, -0.1) is 0 Å². The smallest absolute Gasteiger partial charge is 0.179 e. The molecule has 0 aromatic heterocycles. The van der Waals surface area contributed by atoms with Crippen molar-refractivity contribution in [3.05, 3.63) is 52.8 Å². The Bertz CT molecular complexity index is 878. The maximum Gasteiger partial charge on any atom is 0.179 e. The highest BCUT2D eigenvalue weighted by molar-refractivity contribution is 6.33. The van der Waals surface area contributed by atoms with Crippen molar-refractivity contribution in [1.29, 1.82) is 0 Å². The third-order valence-electron chi connectivity index (χ3n) is 6.22. The second kappa shape index (κ2) is 9.00. The zero-order chi connectivity index (χ0) is 21.3. The van der Waals surface area contributed by atoms with Gasteiger partial charge in [-0.3, -0.25) is 4.90 Å². The second-order valence-electron chi connectivity index (χ2n) is 8.14. The molecule has 2 aromatic carbocycles. The molecule has 4 atom stereocenters. The molecule has 0 spiro atoms. The number of halogens is 2. The van der Waals surface area contributed by atoms with Crippen molar-refractivity contribution in [3.63, 3.8) is 0 Å². The van der Waals surface area contributed by atoms with Gasteiger partial charge in [0.25, 0.3) is 0 Å². The van der Waals surface area contributed by atoms with Gasteiger partial charge < -0.3 is 19.3 Å². The number of rotatable bonds is 6. The van der Waals surface area contributed by atoms with Crippen molar-refractivity contribution in [2.45, 2.75) is 31.6 Å². The van der Waals surface area contributed by atoms with Gasteiger partial charge in [0.15, 0.2) is 11.5 Å². The van der Waals surface area contributed by atoms with E-state index >= 15 is 0 Å². The lowest BCUT2D eigenvalue weighted by Gasteiger charge is -2.35. The summed E-state index contributed by atoms with van der Waals surface area (Å²) >= 11 is 6.55. The van der Waals surface area contributed by atoms with E-state index in [9.17, 15) is 9.50 Å². The molecule has 1 heterocycles. The zero-order valence-electron chi connectivity index (χ0n) is 17.2. The summed E-state index contributed by atoms with van der Waals surface area (Å²) in [5.41, 5.74) is 0.993. The van der Waals surface area contributed by atoms with Crippen LogP contribution in [0.25, 0.3) is 0 Å². The van der Waals surface area contributed by atoms with Crippen LogP contribution in [0.5, 0.6) is 17.2 Å². The first-order valence-corrected chi connectivity index (χ1v) is 10.6. The molecule has 30 heavy (non-hydrogen) atoms. The molecule has 2 aliphatic rings. The lowest BCUT2D eigenvalue weighted by molar-refractivity contribution is -0.0231. The van der Waals surface area contributed by atoms with Crippen LogP contribution in [-0.4, -0.2) is 49.5 Å². The van der Waals surface area contributed by atoms with E-state index in [1.807, 2.05) is 12.1 Å². The van der Waals surface area contributed by atoms with Crippen LogP contribution in [0.2, 0.25) is 5.02 Å². The predicted octanol–water partition coefficient (Wildman–Crippen LogP) is 4.15. The topological polar surface area (TPSA) is 51.2 Å². The number of nitrogens with zero attached hydrogens (tertiary/aromatic N) is 1. The minimum absolute atomic E-state index is 0.277. The number of aliphatic hydroxyl groups is 1. The van der Waals surface area contributed by atoms with E-state index in [-0.39, 0.29) is 11.9 Å². The van der Waals surface area contributed by atoms with Gasteiger partial charge in [-0.25, -0.2) is 4.39 Å². The predicted molar refractivity (Wildman–Crippen MR) is 113 cm³/mol. The number of likely N-dealkylation sites (tertiary alicyclic amines) is 1. The molecule has 1 saturated carbocycles. The fourth-order valence-electron chi connectivity index (χ4n) is 4.72. The maximum absolute atomic E-state index is 13.1. The van der Waals surface area contributed by atoms with Crippen molar-refractivity contribution < 1.29 is 23.7 Å². The molecule has 162 valence electrons. The third kappa shape index (κ3) is 4.36. The number of aliphatic hydroxyl groups excluding tert-OH is 1. The van der Waals surface area contributed by atoms with Gasteiger partial charge in [-0.1, -0.05) is 17.7 Å². The summed E-state index contributed by atoms with van der Waals surface area (Å²) < 4.78 is 29.8. The van der Waals surface area contributed by atoms with Crippen molar-refractivity contribution in [1.82, 2.24) is 4.90 Å². The van der Waals surface area contributed by atoms with E-state index in [4.69, 9.17) is 25.8 Å². The van der Waals surface area contributed by atoms with E-state index in [2.05, 4.69) is 4.90 Å². The average molecular weight is 436 g/mol. The summed E-state index contributed by atoms with van der Waals surface area (Å²) in [7, 11) is 3.18. The van der Waals surface area contributed by atoms with Crippen molar-refractivity contribution in [2.75, 3.05) is 27.3 Å². The molecule has 0 bridgehead atoms. The van der Waals surface area contributed by atoms with Gasteiger partial charge >= 0.3 is 0 Å². The van der Waals surface area contributed by atoms with Crippen LogP contribution < -0.4 is 14.2 Å². The highest BCUT2D eigenvalue weighted by Crippen LogP contribution is 2.41. The lowest BCUT2D eigenvalue weighted by atomic mass is 9.78. The number of ether oxygens (including phenoxy) is 3. The van der Waals surface area contributed by atoms with Crippen LogP contribution >= 0.6 is 11.6 Å². The van der Waals surface area contributed by atoms with Gasteiger partial charge in [0.05, 0.1) is 25.3 Å². The quantitative estimate of drug-likeness (QED) is 0.738. The first kappa shape index (κ1) is 21.2. The number of fused-ring (bicyclic) bond motifs is 1. The highest BCUT2D eigenvalue weighted by atomic mass is 35.5. The number of benzene rings is 2. The first-order chi connectivity index (χ1) is 14.5. The Morgan fingerprint density at radius 2 is 1.73 bits per heavy atom. The number of methoxy groups -OCH3 is 2. The first-order valence-electron chi connectivity index (χ1n) is 10.2. The summed E-state index contributed by atoms with van der Waals surface area (Å²) in [5, 5.41) is 11.2. The van der Waals surface area contributed by atoms with Crippen molar-refractivity contribution in [3.8, 4) is 17.2 Å². The van der Waals surface area contributed by atoms with Gasteiger partial charge in [-0.05, 0) is 60.6 Å². The fourth-order valence-corrected chi connectivity index (χ4v) is 5.02. The molecular weight excluding hydrogens is 409 g/mol. The van der Waals surface area contributed by atoms with Gasteiger partial charge in [-0.2, -0.15) is 0 Å². The molecule has 1 aliphatic carbocycles. The van der Waals surface area contributed by atoms with Crippen LogP contribution in [0.3, 0.4) is 0 Å². The average Bonchev–Trinajstić information content (AvgIpc) is 3.12. The van der Waals surface area contributed by atoms with Crippen LogP contribution in [-0.2, 0) is 6.54 Å². The van der Waals surface area contributed by atoms with Gasteiger partial charge in [0.1, 0.15) is 17.7 Å². The molecule has 0 radical (unpaired) electrons. The number of hydrogen-bond donors (Lipinski definition) is 1. The summed E-state index contributed by atoms with van der Waals surface area (Å²) in [6.45, 7) is 2.55. The standard InChI is InChI=1S/C23H27ClFNO4/c1-28-20-8-3-14(22(24)23(20)29-2)11-26-12-15-9-19(27)21(10-16(15)13-26)30-18-6-4-17(25)5-7-18/h3-8,15-16,19,21,27H,9-13H2,1-2H3/t15-,16+,19+,21+/m0/s1. The summed E-state index contributed by atoms with van der Waals surface area (Å²) in [5.74, 6) is 2.32. The van der Waals surface area contributed by atoms with E-state index in [0.717, 1.165) is 25.1 Å². The Labute approximate surface area is 181 Å². The van der Waals surface area contributed by atoms with Crippen LogP contribution in [0, 0.1) is 17.7 Å². The summed E-state index contributed by atoms with van der Waals surface area (Å²) in [6.07, 6.45) is 0.675. The minimum Gasteiger partial charge on any atom is -0.493 e. The SMILES string of the molecule is COc1ccc(CN2C[C@H]3C[C@@H](Oc4ccc(F)cc4)[C@H](O)C[C@H]3C2)c(Cl)c1OC. The van der Waals surface area contributed by atoms with E-state index in [1.165, 1.54) is 12.1 Å². The Kier molecular flexibility index (Phi) is 6.37. The van der Waals surface area contributed by atoms with Crippen LogP contribution in [0.4, 0.5) is 4.39 Å². The van der Waals surface area contributed by atoms with Gasteiger partial charge in [0, 0.05) is 19.6 Å². The minimum atomic E-state index is -0.527. The molecule has 0 amide bonds. The van der Waals surface area contributed by atoms with E-state index in [1.54, 1.807) is 26.4 Å². The van der Waals surface area contributed by atoms with E-state index < -0.39 is 6.10 Å². The fraction of sp³-hybridized carbons (Fsp3) is 0.478. The van der Waals surface area contributed by atoms with Crippen LogP contribution in [0.1, 0.15) is 18.4 Å². The molecule has 1 N–H and O–H groups in total. The van der Waals surface area contributed by atoms with Gasteiger partial charge in [0.2, 0.25) is 0 Å². The zero-order valence-corrected chi connectivity index (χ0v) is 17.9. The second-order valence-corrected chi connectivity index (χ2v) is 8.52. The lowest BCUT2D eigenvalue weighted by Crippen LogP contribution is -2.42. The molecule has 4 rings (SSSR count). The Morgan fingerprint density at radius 3 is 2.40 bits per heavy atom. The maximum atomic E-state index is 13.1. The molecular formula is C23H27ClFNO4. The Hall–Kier alpha value is -2.02. The summed E-state index contributed by atoms with van der Waals surface area (Å²) in [6, 6.07) is 9.80. The normalized spacial score (nSPS) is 26.3. The molecule has 5 nitrogen and oxygen atoms in total. The highest BCUT2D eigenvalue weighted by Gasteiger charge is 2.42. The largest absolute Gasteiger partial charge is 0.493 e. The Morgan fingerprint density at radius 1 is 1.03 bits per heavy atom. The summed E-state index contributed by atoms with van der Waals surface area (Å²) in [4.78, 5) is 2.37. The molecule has 2 fully saturated rings. The van der Waals surface area contributed by atoms with Crippen molar-refractivity contribution in [2.24, 2.45) is 11.8 Å². The monoisotopic (exact) mass is 435 g/mol. The van der Waals surface area contributed by atoms with Crippen LogP contribution in [0.15, 0.2) is 36.4 Å². The molecule has 2 aromatic rings. The molecule has 7 heteroatoms. The van der Waals surface area contributed by atoms with E-state index in [0.29, 0.717) is 47.1 Å². The Balaban J connectivity index is 1.41. The molecule has 1 saturated heterocycles.